The molecule has 0 saturated heterocycles. The van der Waals surface area contributed by atoms with Crippen LogP contribution >= 0.6 is 0 Å². The molecule has 0 bridgehead atoms. The molecule has 3 aromatic carbocycles. The minimum absolute atomic E-state index is 0.147. The van der Waals surface area contributed by atoms with Gasteiger partial charge >= 0.3 is 0 Å². The van der Waals surface area contributed by atoms with Crippen LogP contribution in [0.4, 0.5) is 11.4 Å². The molecule has 7 nitrogen and oxygen atoms in total. The topological polar surface area (TPSA) is 89.8 Å². The Labute approximate surface area is 175 Å². The summed E-state index contributed by atoms with van der Waals surface area (Å²) in [6.07, 6.45) is 0. The van der Waals surface area contributed by atoms with Crippen molar-refractivity contribution in [3.8, 4) is 5.75 Å². The minimum atomic E-state index is -4.10. The Morgan fingerprint density at radius 2 is 1.63 bits per heavy atom. The Morgan fingerprint density at radius 3 is 2.20 bits per heavy atom. The largest absolute Gasteiger partial charge is 0.497 e. The fourth-order valence-electron chi connectivity index (χ4n) is 3.15. The maximum Gasteiger partial charge on any atom is 0.270 e. The van der Waals surface area contributed by atoms with Gasteiger partial charge in [-0.25, -0.2) is 8.42 Å². The van der Waals surface area contributed by atoms with Crippen LogP contribution in [-0.4, -0.2) is 20.5 Å². The van der Waals surface area contributed by atoms with Crippen LogP contribution in [-0.2, 0) is 10.0 Å². The first-order chi connectivity index (χ1) is 14.2. The molecule has 1 atom stereocenters. The average molecular weight is 426 g/mol. The van der Waals surface area contributed by atoms with E-state index >= 15 is 0 Å². The molecule has 1 unspecified atom stereocenters. The van der Waals surface area contributed by atoms with Crippen LogP contribution in [0.2, 0.25) is 0 Å². The molecule has 0 aliphatic heterocycles. The normalized spacial score (nSPS) is 12.2. The number of non-ortho nitro benzene ring substituents is 1. The van der Waals surface area contributed by atoms with Gasteiger partial charge in [0.25, 0.3) is 15.7 Å². The Kier molecular flexibility index (Phi) is 6.07. The molecule has 156 valence electrons. The van der Waals surface area contributed by atoms with E-state index < -0.39 is 21.0 Å². The number of hydrogen-bond donors (Lipinski definition) is 0. The van der Waals surface area contributed by atoms with Crippen molar-refractivity contribution >= 4 is 21.4 Å². The third kappa shape index (κ3) is 4.28. The van der Waals surface area contributed by atoms with Crippen LogP contribution in [0.3, 0.4) is 0 Å². The predicted octanol–water partition coefficient (Wildman–Crippen LogP) is 4.87. The number of nitro benzene ring substituents is 1. The standard InChI is InChI=1S/C22H22N2O5S/c1-16-7-9-18(10-8-16)17(2)23(19-11-13-21(29-3)14-12-19)30(27,28)22-6-4-5-20(15-22)24(25)26/h4-15,17H,1-3H3. The summed E-state index contributed by atoms with van der Waals surface area (Å²) >= 11 is 0. The number of rotatable bonds is 7. The summed E-state index contributed by atoms with van der Waals surface area (Å²) in [7, 11) is -2.57. The number of nitro groups is 1. The molecule has 3 aromatic rings. The SMILES string of the molecule is COc1ccc(N(C(C)c2ccc(C)cc2)S(=O)(=O)c2cccc([N+](=O)[O-])c2)cc1. The van der Waals surface area contributed by atoms with Gasteiger partial charge in [-0.2, -0.15) is 0 Å². The molecule has 0 aliphatic rings. The van der Waals surface area contributed by atoms with Gasteiger partial charge in [-0.1, -0.05) is 35.9 Å². The van der Waals surface area contributed by atoms with Crippen molar-refractivity contribution in [2.45, 2.75) is 24.8 Å². The predicted molar refractivity (Wildman–Crippen MR) is 115 cm³/mol. The van der Waals surface area contributed by atoms with E-state index in [-0.39, 0.29) is 10.6 Å². The summed E-state index contributed by atoms with van der Waals surface area (Å²) < 4.78 is 33.7. The van der Waals surface area contributed by atoms with Gasteiger partial charge in [0.05, 0.1) is 28.7 Å². The fraction of sp³-hybridized carbons (Fsp3) is 0.182. The summed E-state index contributed by atoms with van der Waals surface area (Å²) in [6, 6.07) is 18.7. The highest BCUT2D eigenvalue weighted by molar-refractivity contribution is 7.92. The van der Waals surface area contributed by atoms with Gasteiger partial charge in [0.15, 0.2) is 0 Å². The Bertz CT molecular complexity index is 1140. The van der Waals surface area contributed by atoms with Crippen molar-refractivity contribution in [2.24, 2.45) is 0 Å². The quantitative estimate of drug-likeness (QED) is 0.397. The zero-order valence-electron chi connectivity index (χ0n) is 16.8. The van der Waals surface area contributed by atoms with Crippen LogP contribution in [0.15, 0.2) is 77.7 Å². The molecule has 0 aliphatic carbocycles. The maximum atomic E-state index is 13.6. The number of nitrogens with zero attached hydrogens (tertiary/aromatic N) is 2. The highest BCUT2D eigenvalue weighted by Gasteiger charge is 2.31. The minimum Gasteiger partial charge on any atom is -0.497 e. The molecule has 0 saturated carbocycles. The zero-order valence-corrected chi connectivity index (χ0v) is 17.7. The zero-order chi connectivity index (χ0) is 21.9. The third-order valence-corrected chi connectivity index (χ3v) is 6.72. The van der Waals surface area contributed by atoms with Gasteiger partial charge in [0.1, 0.15) is 5.75 Å². The van der Waals surface area contributed by atoms with E-state index in [2.05, 4.69) is 0 Å². The fourth-order valence-corrected chi connectivity index (χ4v) is 4.84. The summed E-state index contributed by atoms with van der Waals surface area (Å²) in [4.78, 5) is 10.4. The molecule has 0 spiro atoms. The van der Waals surface area contributed by atoms with E-state index in [4.69, 9.17) is 4.74 Å². The van der Waals surface area contributed by atoms with Crippen molar-refractivity contribution in [2.75, 3.05) is 11.4 Å². The van der Waals surface area contributed by atoms with Crippen molar-refractivity contribution < 1.29 is 18.1 Å². The molecule has 0 N–H and O–H groups in total. The first kappa shape index (κ1) is 21.3. The first-order valence-electron chi connectivity index (χ1n) is 9.23. The number of benzene rings is 3. The van der Waals surface area contributed by atoms with Crippen LogP contribution in [0.25, 0.3) is 0 Å². The van der Waals surface area contributed by atoms with Crippen molar-refractivity contribution in [3.63, 3.8) is 0 Å². The monoisotopic (exact) mass is 426 g/mol. The highest BCUT2D eigenvalue weighted by atomic mass is 32.2. The lowest BCUT2D eigenvalue weighted by atomic mass is 10.1. The summed E-state index contributed by atoms with van der Waals surface area (Å²) in [5.41, 5.74) is 2.00. The second-order valence-electron chi connectivity index (χ2n) is 6.84. The average Bonchev–Trinajstić information content (AvgIpc) is 2.74. The number of sulfonamides is 1. The second-order valence-corrected chi connectivity index (χ2v) is 8.65. The maximum absolute atomic E-state index is 13.6. The van der Waals surface area contributed by atoms with Crippen LogP contribution in [0, 0.1) is 17.0 Å². The lowest BCUT2D eigenvalue weighted by Crippen LogP contribution is -2.33. The Balaban J connectivity index is 2.15. The van der Waals surface area contributed by atoms with E-state index in [0.29, 0.717) is 11.4 Å². The van der Waals surface area contributed by atoms with Gasteiger partial charge in [-0.05, 0) is 49.7 Å². The summed E-state index contributed by atoms with van der Waals surface area (Å²) in [6.45, 7) is 3.74. The molecular weight excluding hydrogens is 404 g/mol. The van der Waals surface area contributed by atoms with Gasteiger partial charge < -0.3 is 4.74 Å². The number of hydrogen-bond acceptors (Lipinski definition) is 5. The van der Waals surface area contributed by atoms with Gasteiger partial charge in [0.2, 0.25) is 0 Å². The smallest absolute Gasteiger partial charge is 0.270 e. The van der Waals surface area contributed by atoms with Gasteiger partial charge in [0, 0.05) is 12.1 Å². The van der Waals surface area contributed by atoms with Crippen LogP contribution in [0.1, 0.15) is 24.1 Å². The summed E-state index contributed by atoms with van der Waals surface area (Å²) in [5, 5.41) is 11.2. The van der Waals surface area contributed by atoms with E-state index in [0.717, 1.165) is 17.2 Å². The van der Waals surface area contributed by atoms with E-state index in [1.54, 1.807) is 31.2 Å². The summed E-state index contributed by atoms with van der Waals surface area (Å²) in [5.74, 6) is 0.592. The molecule has 0 amide bonds. The van der Waals surface area contributed by atoms with Crippen LogP contribution < -0.4 is 9.04 Å². The highest BCUT2D eigenvalue weighted by Crippen LogP contribution is 2.35. The third-order valence-electron chi connectivity index (χ3n) is 4.82. The van der Waals surface area contributed by atoms with Crippen molar-refractivity contribution in [1.29, 1.82) is 0 Å². The molecule has 3 rings (SSSR count). The first-order valence-corrected chi connectivity index (χ1v) is 10.7. The number of anilines is 1. The molecule has 0 fully saturated rings. The van der Waals surface area contributed by atoms with E-state index in [1.165, 1.54) is 29.6 Å². The molecule has 0 aromatic heterocycles. The molecule has 30 heavy (non-hydrogen) atoms. The molecule has 0 heterocycles. The molecule has 0 radical (unpaired) electrons. The number of ether oxygens (including phenoxy) is 1. The second kappa shape index (κ2) is 8.54. The lowest BCUT2D eigenvalue weighted by molar-refractivity contribution is -0.385. The van der Waals surface area contributed by atoms with E-state index in [9.17, 15) is 18.5 Å². The van der Waals surface area contributed by atoms with E-state index in [1.807, 2.05) is 31.2 Å². The van der Waals surface area contributed by atoms with Crippen molar-refractivity contribution in [1.82, 2.24) is 0 Å². The van der Waals surface area contributed by atoms with Crippen molar-refractivity contribution in [3.05, 3.63) is 94.0 Å². The van der Waals surface area contributed by atoms with Gasteiger partial charge in [-0.15, -0.1) is 0 Å². The van der Waals surface area contributed by atoms with Crippen LogP contribution in [0.5, 0.6) is 5.75 Å². The Hall–Kier alpha value is -3.39. The number of aryl methyl sites for hydroxylation is 1. The Morgan fingerprint density at radius 1 is 1.00 bits per heavy atom. The molecular formula is C22H22N2O5S. The van der Waals surface area contributed by atoms with Gasteiger partial charge in [-0.3, -0.25) is 14.4 Å². The lowest BCUT2D eigenvalue weighted by Gasteiger charge is -2.31. The molecule has 8 heteroatoms. The number of methoxy groups -OCH3 is 1.